The van der Waals surface area contributed by atoms with Crippen molar-refractivity contribution in [3.05, 3.63) is 49.5 Å². The number of hydrogen-bond acceptors (Lipinski definition) is 4. The Kier molecular flexibility index (Phi) is 13.2. The summed E-state index contributed by atoms with van der Waals surface area (Å²) in [6, 6.07) is 4.77. The Labute approximate surface area is 329 Å². The Morgan fingerprint density at radius 3 is 0.957 bits per heavy atom. The van der Waals surface area contributed by atoms with Gasteiger partial charge < -0.3 is 0 Å². The predicted octanol–water partition coefficient (Wildman–Crippen LogP) is 14.7. The summed E-state index contributed by atoms with van der Waals surface area (Å²) < 4.78 is 9.95. The van der Waals surface area contributed by atoms with Crippen molar-refractivity contribution in [1.29, 1.82) is 0 Å². The van der Waals surface area contributed by atoms with Crippen molar-refractivity contribution in [3.8, 4) is 23.7 Å². The molecule has 0 amide bonds. The molecule has 0 aliphatic heterocycles. The van der Waals surface area contributed by atoms with Crippen LogP contribution in [0.2, 0.25) is 33.2 Å². The number of halogens is 4. The lowest BCUT2D eigenvalue weighted by molar-refractivity contribution is 0.837. The monoisotopic (exact) mass is 976 g/mol. The minimum Gasteiger partial charge on any atom is -0.135 e. The van der Waals surface area contributed by atoms with Crippen molar-refractivity contribution in [3.63, 3.8) is 0 Å². The first kappa shape index (κ1) is 39.3. The quantitative estimate of drug-likeness (QED) is 0.122. The van der Waals surface area contributed by atoms with Crippen LogP contribution in [0.4, 0.5) is 0 Å². The summed E-state index contributed by atoms with van der Waals surface area (Å²) in [6.45, 7) is 29.1. The fraction of sp³-hybridized carbons (Fsp3) is 0.500. The predicted molar refractivity (Wildman–Crippen MR) is 232 cm³/mol. The van der Waals surface area contributed by atoms with Crippen LogP contribution in [0.15, 0.2) is 30.0 Å². The van der Waals surface area contributed by atoms with E-state index in [1.54, 1.807) is 31.7 Å². The van der Waals surface area contributed by atoms with Crippen LogP contribution in [-0.4, -0.2) is 16.1 Å². The molecule has 4 aromatic heterocycles. The minimum atomic E-state index is -1.73. The number of thiophene rings is 4. The van der Waals surface area contributed by atoms with E-state index in [1.165, 1.54) is 9.40 Å². The standard InChI is InChI=1S/C36H44Br4S4Si2/c1-19(2)45(20(3)4,21(5)6)31-17-25(37)27(41-31)13-15-29-33(39)35-36(43-29)34(40)30(44-35)16-14-28-26(38)18-32(42-28)46(22(7)8,23(9)10)24(11)12/h17-24H,1-12H3. The Balaban J connectivity index is 1.68. The molecule has 0 spiro atoms. The molecule has 0 aliphatic carbocycles. The maximum atomic E-state index is 3.91. The zero-order chi connectivity index (χ0) is 34.5. The molecular formula is C36H44Br4S4Si2. The highest BCUT2D eigenvalue weighted by molar-refractivity contribution is 9.11. The molecule has 0 aliphatic rings. The molecule has 4 aromatic rings. The van der Waals surface area contributed by atoms with Crippen molar-refractivity contribution in [2.24, 2.45) is 0 Å². The van der Waals surface area contributed by atoms with E-state index in [1.807, 2.05) is 22.7 Å². The van der Waals surface area contributed by atoms with Gasteiger partial charge in [-0.2, -0.15) is 0 Å². The molecule has 0 aromatic carbocycles. The fourth-order valence-electron chi connectivity index (χ4n) is 8.31. The van der Waals surface area contributed by atoms with E-state index in [0.717, 1.165) is 37.4 Å². The molecule has 0 unspecified atom stereocenters. The Bertz CT molecular complexity index is 1670. The van der Waals surface area contributed by atoms with Gasteiger partial charge in [-0.25, -0.2) is 0 Å². The third kappa shape index (κ3) is 6.91. The average molecular weight is 981 g/mol. The molecule has 0 N–H and O–H groups in total. The van der Waals surface area contributed by atoms with Crippen LogP contribution in [0.5, 0.6) is 0 Å². The molecule has 0 bridgehead atoms. The fourth-order valence-corrected chi connectivity index (χ4v) is 33.9. The summed E-state index contributed by atoms with van der Waals surface area (Å²) in [5, 5.41) is 0. The van der Waals surface area contributed by atoms with Crippen LogP contribution in [0.3, 0.4) is 0 Å². The van der Waals surface area contributed by atoms with E-state index in [4.69, 9.17) is 0 Å². The molecular weight excluding hydrogens is 936 g/mol. The van der Waals surface area contributed by atoms with Gasteiger partial charge in [0, 0.05) is 8.95 Å². The third-order valence-corrected chi connectivity index (χ3v) is 34.7. The molecule has 0 saturated heterocycles. The topological polar surface area (TPSA) is 0 Å². The second kappa shape index (κ2) is 15.4. The second-order valence-corrected chi connectivity index (χ2v) is 33.9. The van der Waals surface area contributed by atoms with E-state index in [0.29, 0.717) is 33.2 Å². The normalized spacial score (nSPS) is 12.7. The molecule has 46 heavy (non-hydrogen) atoms. The highest BCUT2D eigenvalue weighted by atomic mass is 79.9. The Morgan fingerprint density at radius 2 is 0.696 bits per heavy atom. The van der Waals surface area contributed by atoms with Crippen molar-refractivity contribution < 1.29 is 0 Å². The van der Waals surface area contributed by atoms with Gasteiger partial charge in [0.05, 0.1) is 37.9 Å². The summed E-state index contributed by atoms with van der Waals surface area (Å²) in [5.74, 6) is 14.1. The Morgan fingerprint density at radius 1 is 0.435 bits per heavy atom. The Hall–Kier alpha value is 0.534. The third-order valence-electron chi connectivity index (χ3n) is 9.95. The largest absolute Gasteiger partial charge is 0.135 e. The van der Waals surface area contributed by atoms with E-state index in [2.05, 4.69) is 183 Å². The number of rotatable bonds is 8. The maximum absolute atomic E-state index is 3.91. The molecule has 0 radical (unpaired) electrons. The van der Waals surface area contributed by atoms with E-state index in [9.17, 15) is 0 Å². The molecule has 4 rings (SSSR count). The summed E-state index contributed by atoms with van der Waals surface area (Å²) in [5.41, 5.74) is 4.03. The van der Waals surface area contributed by atoms with Gasteiger partial charge in [-0.15, -0.1) is 45.3 Å². The van der Waals surface area contributed by atoms with Gasteiger partial charge in [-0.05, 0) is 142 Å². The van der Waals surface area contributed by atoms with Crippen LogP contribution >= 0.6 is 109 Å². The van der Waals surface area contributed by atoms with Crippen LogP contribution in [0, 0.1) is 23.7 Å². The summed E-state index contributed by atoms with van der Waals surface area (Å²) >= 11 is 22.9. The zero-order valence-corrected chi connectivity index (χ0v) is 40.4. The zero-order valence-electron chi connectivity index (χ0n) is 28.8. The first-order valence-corrected chi connectivity index (χ1v) is 26.9. The van der Waals surface area contributed by atoms with Crippen LogP contribution in [0.25, 0.3) is 9.40 Å². The first-order chi connectivity index (χ1) is 21.4. The number of hydrogen-bond donors (Lipinski definition) is 0. The van der Waals surface area contributed by atoms with Gasteiger partial charge in [0.25, 0.3) is 0 Å². The summed E-state index contributed by atoms with van der Waals surface area (Å²) in [6.07, 6.45) is 0. The average Bonchev–Trinajstić information content (AvgIpc) is 3.66. The number of fused-ring (bicyclic) bond motifs is 1. The lowest BCUT2D eigenvalue weighted by atomic mass is 10.4. The molecule has 0 fully saturated rings. The van der Waals surface area contributed by atoms with E-state index >= 15 is 0 Å². The van der Waals surface area contributed by atoms with Crippen molar-refractivity contribution in [2.45, 2.75) is 116 Å². The van der Waals surface area contributed by atoms with Gasteiger partial charge in [-0.3, -0.25) is 0 Å². The molecule has 0 atom stereocenters. The first-order valence-electron chi connectivity index (χ1n) is 16.0. The SMILES string of the molecule is CC(C)[Si](c1cc(Br)c(C#Cc2sc3c(Br)c(C#Cc4sc([Si](C(C)C)(C(C)C)C(C)C)cc4Br)sc3c2Br)s1)(C(C)C)C(C)C. The highest BCUT2D eigenvalue weighted by Crippen LogP contribution is 2.47. The van der Waals surface area contributed by atoms with Gasteiger partial charge in [0.1, 0.15) is 16.1 Å². The molecule has 248 valence electrons. The van der Waals surface area contributed by atoms with Crippen molar-refractivity contribution >= 4 is 144 Å². The molecule has 10 heteroatoms. The van der Waals surface area contributed by atoms with Crippen LogP contribution in [-0.2, 0) is 0 Å². The van der Waals surface area contributed by atoms with Gasteiger partial charge >= 0.3 is 0 Å². The van der Waals surface area contributed by atoms with Gasteiger partial charge in [0.2, 0.25) is 0 Å². The van der Waals surface area contributed by atoms with E-state index < -0.39 is 16.1 Å². The summed E-state index contributed by atoms with van der Waals surface area (Å²) in [4.78, 5) is 4.38. The van der Waals surface area contributed by atoms with Gasteiger partial charge in [-0.1, -0.05) is 83.1 Å². The minimum absolute atomic E-state index is 0.672. The smallest absolute Gasteiger partial charge is 0.107 e. The second-order valence-electron chi connectivity index (χ2n) is 14.0. The van der Waals surface area contributed by atoms with Crippen molar-refractivity contribution in [2.75, 3.05) is 0 Å². The van der Waals surface area contributed by atoms with Crippen LogP contribution < -0.4 is 9.00 Å². The summed E-state index contributed by atoms with van der Waals surface area (Å²) in [7, 11) is -3.45. The highest BCUT2D eigenvalue weighted by Gasteiger charge is 2.47. The lowest BCUT2D eigenvalue weighted by Crippen LogP contribution is -2.54. The molecule has 4 heterocycles. The van der Waals surface area contributed by atoms with Crippen LogP contribution in [0.1, 0.15) is 103 Å². The van der Waals surface area contributed by atoms with E-state index in [-0.39, 0.29) is 0 Å². The lowest BCUT2D eigenvalue weighted by Gasteiger charge is -2.42. The maximum Gasteiger partial charge on any atom is 0.107 e. The van der Waals surface area contributed by atoms with Crippen molar-refractivity contribution in [1.82, 2.24) is 0 Å². The molecule has 0 nitrogen and oxygen atoms in total. The molecule has 0 saturated carbocycles. The van der Waals surface area contributed by atoms with Gasteiger partial charge in [0.15, 0.2) is 0 Å².